The van der Waals surface area contributed by atoms with Crippen LogP contribution in [0.1, 0.15) is 29.8 Å². The summed E-state index contributed by atoms with van der Waals surface area (Å²) in [5.74, 6) is 5.38. The first-order valence-electron chi connectivity index (χ1n) is 6.51. The molecule has 0 aliphatic rings. The highest BCUT2D eigenvalue weighted by Crippen LogP contribution is 2.12. The van der Waals surface area contributed by atoms with E-state index in [9.17, 15) is 9.90 Å². The lowest BCUT2D eigenvalue weighted by molar-refractivity contribution is 0.102. The molecule has 4 nitrogen and oxygen atoms in total. The smallest absolute Gasteiger partial charge is 0.257 e. The molecule has 2 N–H and O–H groups in total. The van der Waals surface area contributed by atoms with Crippen molar-refractivity contribution in [3.8, 4) is 11.8 Å². The summed E-state index contributed by atoms with van der Waals surface area (Å²) in [6.07, 6.45) is 3.12. The molecule has 0 saturated carbocycles. The number of carbonyl (C=O) groups excluding carboxylic acids is 1. The van der Waals surface area contributed by atoms with Gasteiger partial charge in [0.1, 0.15) is 5.60 Å². The SMILES string of the molecule is CC(C)(O)C#Cc1cccc(NC(=O)c2cccnc2)c1. The fraction of sp³-hybridized carbons (Fsp3) is 0.176. The molecular formula is C17H16N2O2. The van der Waals surface area contributed by atoms with E-state index in [1.165, 1.54) is 6.20 Å². The van der Waals surface area contributed by atoms with Gasteiger partial charge in [0, 0.05) is 23.6 Å². The molecule has 0 saturated heterocycles. The van der Waals surface area contributed by atoms with Crippen LogP contribution in [0.4, 0.5) is 5.69 Å². The Morgan fingerprint density at radius 3 is 2.76 bits per heavy atom. The summed E-state index contributed by atoms with van der Waals surface area (Å²) in [5.41, 5.74) is 0.813. The first-order chi connectivity index (χ1) is 9.94. The number of anilines is 1. The predicted octanol–water partition coefficient (Wildman–Crippen LogP) is 2.46. The molecule has 2 rings (SSSR count). The minimum atomic E-state index is -1.05. The van der Waals surface area contributed by atoms with E-state index in [-0.39, 0.29) is 5.91 Å². The van der Waals surface area contributed by atoms with E-state index >= 15 is 0 Å². The Hall–Kier alpha value is -2.64. The quantitative estimate of drug-likeness (QED) is 0.831. The van der Waals surface area contributed by atoms with E-state index in [4.69, 9.17) is 0 Å². The maximum Gasteiger partial charge on any atom is 0.257 e. The Bertz CT molecular complexity index is 692. The van der Waals surface area contributed by atoms with Crippen molar-refractivity contribution in [3.63, 3.8) is 0 Å². The molecule has 1 aromatic carbocycles. The van der Waals surface area contributed by atoms with Gasteiger partial charge >= 0.3 is 0 Å². The van der Waals surface area contributed by atoms with Crippen LogP contribution in [0.3, 0.4) is 0 Å². The van der Waals surface area contributed by atoms with Crippen LogP contribution in [0, 0.1) is 11.8 Å². The molecule has 21 heavy (non-hydrogen) atoms. The highest BCUT2D eigenvalue weighted by Gasteiger charge is 2.07. The van der Waals surface area contributed by atoms with Crippen molar-refractivity contribution >= 4 is 11.6 Å². The van der Waals surface area contributed by atoms with E-state index < -0.39 is 5.60 Å². The average Bonchev–Trinajstić information content (AvgIpc) is 2.46. The van der Waals surface area contributed by atoms with Crippen molar-refractivity contribution in [2.45, 2.75) is 19.4 Å². The zero-order valence-electron chi connectivity index (χ0n) is 11.9. The number of aliphatic hydroxyl groups is 1. The molecule has 106 valence electrons. The number of rotatable bonds is 2. The molecule has 1 amide bonds. The topological polar surface area (TPSA) is 62.2 Å². The van der Waals surface area contributed by atoms with Crippen molar-refractivity contribution in [1.82, 2.24) is 4.98 Å². The summed E-state index contributed by atoms with van der Waals surface area (Å²) in [5, 5.41) is 12.4. The lowest BCUT2D eigenvalue weighted by atomic mass is 10.1. The number of carbonyl (C=O) groups is 1. The molecule has 0 aliphatic heterocycles. The van der Waals surface area contributed by atoms with Gasteiger partial charge in [-0.15, -0.1) is 0 Å². The molecule has 2 aromatic rings. The minimum Gasteiger partial charge on any atom is -0.378 e. The van der Waals surface area contributed by atoms with Gasteiger partial charge in [-0.2, -0.15) is 0 Å². The van der Waals surface area contributed by atoms with Gasteiger partial charge in [0.25, 0.3) is 5.91 Å². The third kappa shape index (κ3) is 4.75. The van der Waals surface area contributed by atoms with Crippen LogP contribution in [0.5, 0.6) is 0 Å². The van der Waals surface area contributed by atoms with E-state index in [1.54, 1.807) is 50.4 Å². The van der Waals surface area contributed by atoms with Crippen LogP contribution in [-0.2, 0) is 0 Å². The van der Waals surface area contributed by atoms with Crippen molar-refractivity contribution < 1.29 is 9.90 Å². The molecule has 0 atom stereocenters. The van der Waals surface area contributed by atoms with Crippen molar-refractivity contribution in [3.05, 3.63) is 59.9 Å². The third-order valence-corrected chi connectivity index (χ3v) is 2.56. The van der Waals surface area contributed by atoms with Gasteiger partial charge in [-0.05, 0) is 44.2 Å². The van der Waals surface area contributed by atoms with Crippen LogP contribution < -0.4 is 5.32 Å². The highest BCUT2D eigenvalue weighted by atomic mass is 16.3. The predicted molar refractivity (Wildman–Crippen MR) is 81.8 cm³/mol. The summed E-state index contributed by atoms with van der Waals surface area (Å²) in [7, 11) is 0. The Kier molecular flexibility index (Phi) is 4.36. The lowest BCUT2D eigenvalue weighted by Gasteiger charge is -2.07. The average molecular weight is 280 g/mol. The first-order valence-corrected chi connectivity index (χ1v) is 6.51. The fourth-order valence-corrected chi connectivity index (χ4v) is 1.60. The number of nitrogens with zero attached hydrogens (tertiary/aromatic N) is 1. The number of hydrogen-bond donors (Lipinski definition) is 2. The molecule has 4 heteroatoms. The Morgan fingerprint density at radius 1 is 1.29 bits per heavy atom. The van der Waals surface area contributed by atoms with Gasteiger partial charge in [-0.25, -0.2) is 0 Å². The van der Waals surface area contributed by atoms with Gasteiger partial charge in [-0.3, -0.25) is 9.78 Å². The maximum absolute atomic E-state index is 12.0. The molecule has 0 bridgehead atoms. The number of nitrogens with one attached hydrogen (secondary N) is 1. The van der Waals surface area contributed by atoms with Crippen LogP contribution in [0.15, 0.2) is 48.8 Å². The van der Waals surface area contributed by atoms with E-state index in [0.717, 1.165) is 5.56 Å². The lowest BCUT2D eigenvalue weighted by Crippen LogP contribution is -2.14. The van der Waals surface area contributed by atoms with Crippen LogP contribution in [-0.4, -0.2) is 21.6 Å². The molecule has 1 aromatic heterocycles. The van der Waals surface area contributed by atoms with E-state index in [0.29, 0.717) is 11.3 Å². The second-order valence-electron chi connectivity index (χ2n) is 5.09. The molecule has 0 aliphatic carbocycles. The van der Waals surface area contributed by atoms with Crippen molar-refractivity contribution in [1.29, 1.82) is 0 Å². The minimum absolute atomic E-state index is 0.226. The molecule has 0 unspecified atom stereocenters. The van der Waals surface area contributed by atoms with Gasteiger partial charge in [-0.1, -0.05) is 17.9 Å². The van der Waals surface area contributed by atoms with Crippen LogP contribution in [0.2, 0.25) is 0 Å². The zero-order valence-corrected chi connectivity index (χ0v) is 11.9. The fourth-order valence-electron chi connectivity index (χ4n) is 1.60. The van der Waals surface area contributed by atoms with Crippen LogP contribution >= 0.6 is 0 Å². The summed E-state index contributed by atoms with van der Waals surface area (Å²) < 4.78 is 0. The Morgan fingerprint density at radius 2 is 2.10 bits per heavy atom. The molecular weight excluding hydrogens is 264 g/mol. The van der Waals surface area contributed by atoms with Gasteiger partial charge in [0.05, 0.1) is 5.56 Å². The van der Waals surface area contributed by atoms with E-state index in [2.05, 4.69) is 22.1 Å². The second kappa shape index (κ2) is 6.21. The van der Waals surface area contributed by atoms with Gasteiger partial charge < -0.3 is 10.4 Å². The van der Waals surface area contributed by atoms with Gasteiger partial charge in [0.2, 0.25) is 0 Å². The first kappa shape index (κ1) is 14.8. The largest absolute Gasteiger partial charge is 0.378 e. The van der Waals surface area contributed by atoms with E-state index in [1.807, 2.05) is 6.07 Å². The van der Waals surface area contributed by atoms with Gasteiger partial charge in [0.15, 0.2) is 0 Å². The second-order valence-corrected chi connectivity index (χ2v) is 5.09. The van der Waals surface area contributed by atoms with Crippen molar-refractivity contribution in [2.75, 3.05) is 5.32 Å². The molecule has 0 radical (unpaired) electrons. The highest BCUT2D eigenvalue weighted by molar-refractivity contribution is 6.04. The number of aromatic nitrogens is 1. The number of benzene rings is 1. The summed E-state index contributed by atoms with van der Waals surface area (Å²) in [6, 6.07) is 10.6. The Balaban J connectivity index is 2.15. The number of amides is 1. The number of pyridine rings is 1. The maximum atomic E-state index is 12.0. The molecule has 0 spiro atoms. The monoisotopic (exact) mass is 280 g/mol. The van der Waals surface area contributed by atoms with Crippen LogP contribution in [0.25, 0.3) is 0 Å². The summed E-state index contributed by atoms with van der Waals surface area (Å²) in [4.78, 5) is 15.9. The Labute approximate surface area is 123 Å². The van der Waals surface area contributed by atoms with Crippen molar-refractivity contribution in [2.24, 2.45) is 0 Å². The third-order valence-electron chi connectivity index (χ3n) is 2.56. The zero-order chi connectivity index (χ0) is 15.3. The normalized spacial score (nSPS) is 10.4. The summed E-state index contributed by atoms with van der Waals surface area (Å²) >= 11 is 0. The molecule has 0 fully saturated rings. The summed E-state index contributed by atoms with van der Waals surface area (Å²) in [6.45, 7) is 3.24. The molecule has 1 heterocycles. The number of hydrogen-bond acceptors (Lipinski definition) is 3. The standard InChI is InChI=1S/C17H16N2O2/c1-17(2,21)9-8-13-5-3-7-15(11-13)19-16(20)14-6-4-10-18-12-14/h3-7,10-12,21H,1-2H3,(H,19,20).